The molecule has 0 aliphatic rings. The minimum Gasteiger partial charge on any atom is -0.378 e. The largest absolute Gasteiger partial charge is 0.378 e. The maximum Gasteiger partial charge on any atom is 0.0997 e. The molecule has 0 spiro atoms. The van der Waals surface area contributed by atoms with E-state index in [1.807, 2.05) is 49.1 Å². The third-order valence-electron chi connectivity index (χ3n) is 3.59. The molecular weight excluding hydrogens is 272 g/mol. The normalized spacial score (nSPS) is 10.2. The average molecular weight is 288 g/mol. The summed E-state index contributed by atoms with van der Waals surface area (Å²) in [6.45, 7) is 0. The van der Waals surface area contributed by atoms with Crippen LogP contribution in [0.15, 0.2) is 61.1 Å². The standard InChI is InChI=1S/C18H16N4/c1-21(2)16-7-9-17(10-8-16)22-13-20-12-18(22)15-5-3-14(11-19)4-6-15/h3-10,12-13H,1-2H3. The molecule has 0 saturated carbocycles. The van der Waals surface area contributed by atoms with E-state index in [0.717, 1.165) is 22.6 Å². The van der Waals surface area contributed by atoms with Gasteiger partial charge in [-0.25, -0.2) is 4.98 Å². The molecule has 1 aromatic heterocycles. The number of imidazole rings is 1. The smallest absolute Gasteiger partial charge is 0.0997 e. The summed E-state index contributed by atoms with van der Waals surface area (Å²) in [4.78, 5) is 6.33. The number of benzene rings is 2. The fourth-order valence-electron chi connectivity index (χ4n) is 2.34. The molecule has 0 amide bonds. The van der Waals surface area contributed by atoms with Crippen molar-refractivity contribution in [1.29, 1.82) is 5.26 Å². The molecule has 0 unspecified atom stereocenters. The van der Waals surface area contributed by atoms with E-state index in [4.69, 9.17) is 5.26 Å². The van der Waals surface area contributed by atoms with Gasteiger partial charge in [0.1, 0.15) is 0 Å². The fraction of sp³-hybridized carbons (Fsp3) is 0.111. The van der Waals surface area contributed by atoms with Gasteiger partial charge in [0.05, 0.1) is 29.9 Å². The molecule has 0 fully saturated rings. The Balaban J connectivity index is 1.99. The Hall–Kier alpha value is -3.06. The maximum atomic E-state index is 8.89. The van der Waals surface area contributed by atoms with Crippen LogP contribution in [0.3, 0.4) is 0 Å². The molecule has 0 bridgehead atoms. The van der Waals surface area contributed by atoms with Crippen molar-refractivity contribution in [2.24, 2.45) is 0 Å². The summed E-state index contributed by atoms with van der Waals surface area (Å²) in [6, 6.07) is 18.0. The number of rotatable bonds is 3. The molecule has 4 nitrogen and oxygen atoms in total. The lowest BCUT2D eigenvalue weighted by Crippen LogP contribution is -2.08. The summed E-state index contributed by atoms with van der Waals surface area (Å²) in [6.07, 6.45) is 3.64. The highest BCUT2D eigenvalue weighted by atomic mass is 15.1. The van der Waals surface area contributed by atoms with Gasteiger partial charge < -0.3 is 4.90 Å². The minimum atomic E-state index is 0.658. The van der Waals surface area contributed by atoms with Gasteiger partial charge in [-0.05, 0) is 36.4 Å². The zero-order valence-corrected chi connectivity index (χ0v) is 12.6. The molecule has 3 rings (SSSR count). The zero-order chi connectivity index (χ0) is 15.5. The van der Waals surface area contributed by atoms with Crippen molar-refractivity contribution >= 4 is 5.69 Å². The first-order chi connectivity index (χ1) is 10.7. The Kier molecular flexibility index (Phi) is 3.63. The monoisotopic (exact) mass is 288 g/mol. The topological polar surface area (TPSA) is 44.9 Å². The van der Waals surface area contributed by atoms with Crippen LogP contribution in [0.2, 0.25) is 0 Å². The summed E-state index contributed by atoms with van der Waals surface area (Å²) in [5, 5.41) is 8.89. The second kappa shape index (κ2) is 5.74. The van der Waals surface area contributed by atoms with Gasteiger partial charge >= 0.3 is 0 Å². The number of aromatic nitrogens is 2. The summed E-state index contributed by atoms with van der Waals surface area (Å²) in [7, 11) is 4.04. The van der Waals surface area contributed by atoms with Crippen LogP contribution < -0.4 is 4.90 Å². The highest BCUT2D eigenvalue weighted by Crippen LogP contribution is 2.24. The van der Waals surface area contributed by atoms with Crippen molar-refractivity contribution in [2.75, 3.05) is 19.0 Å². The van der Waals surface area contributed by atoms with Crippen LogP contribution in [-0.2, 0) is 0 Å². The molecule has 0 N–H and O–H groups in total. The second-order valence-electron chi connectivity index (χ2n) is 5.25. The molecule has 0 aliphatic carbocycles. The van der Waals surface area contributed by atoms with E-state index < -0.39 is 0 Å². The number of anilines is 1. The van der Waals surface area contributed by atoms with Crippen molar-refractivity contribution in [3.63, 3.8) is 0 Å². The van der Waals surface area contributed by atoms with Gasteiger partial charge in [0.15, 0.2) is 0 Å². The van der Waals surface area contributed by atoms with Gasteiger partial charge in [-0.2, -0.15) is 5.26 Å². The summed E-state index contributed by atoms with van der Waals surface area (Å²) >= 11 is 0. The first-order valence-electron chi connectivity index (χ1n) is 6.99. The minimum absolute atomic E-state index is 0.658. The zero-order valence-electron chi connectivity index (χ0n) is 12.6. The van der Waals surface area contributed by atoms with E-state index in [1.54, 1.807) is 6.33 Å². The summed E-state index contributed by atoms with van der Waals surface area (Å²) in [5.41, 5.74) is 4.91. The van der Waals surface area contributed by atoms with Crippen molar-refractivity contribution in [2.45, 2.75) is 0 Å². The number of nitriles is 1. The molecule has 4 heteroatoms. The van der Waals surface area contributed by atoms with Crippen LogP contribution in [0.4, 0.5) is 5.69 Å². The Morgan fingerprint density at radius 1 is 1.00 bits per heavy atom. The quantitative estimate of drug-likeness (QED) is 0.741. The lowest BCUT2D eigenvalue weighted by Gasteiger charge is -2.14. The van der Waals surface area contributed by atoms with Crippen LogP contribution in [-0.4, -0.2) is 23.6 Å². The summed E-state index contributed by atoms with van der Waals surface area (Å²) in [5.74, 6) is 0. The number of nitrogens with zero attached hydrogens (tertiary/aromatic N) is 4. The highest BCUT2D eigenvalue weighted by molar-refractivity contribution is 5.63. The van der Waals surface area contributed by atoms with Gasteiger partial charge in [-0.15, -0.1) is 0 Å². The predicted octanol–water partition coefficient (Wildman–Crippen LogP) is 3.48. The van der Waals surface area contributed by atoms with Crippen LogP contribution in [0.1, 0.15) is 5.56 Å². The van der Waals surface area contributed by atoms with Crippen LogP contribution in [0, 0.1) is 11.3 Å². The molecule has 0 aliphatic heterocycles. The van der Waals surface area contributed by atoms with Crippen LogP contribution >= 0.6 is 0 Å². The van der Waals surface area contributed by atoms with Crippen molar-refractivity contribution in [3.05, 3.63) is 66.6 Å². The van der Waals surface area contributed by atoms with Crippen LogP contribution in [0.25, 0.3) is 16.9 Å². The van der Waals surface area contributed by atoms with E-state index in [9.17, 15) is 0 Å². The molecular formula is C18H16N4. The van der Waals surface area contributed by atoms with Gasteiger partial charge in [0.2, 0.25) is 0 Å². The predicted molar refractivity (Wildman–Crippen MR) is 88.0 cm³/mol. The molecule has 22 heavy (non-hydrogen) atoms. The van der Waals surface area contributed by atoms with Gasteiger partial charge in [0, 0.05) is 31.0 Å². The highest BCUT2D eigenvalue weighted by Gasteiger charge is 2.07. The third-order valence-corrected chi connectivity index (χ3v) is 3.59. The van der Waals surface area contributed by atoms with E-state index in [0.29, 0.717) is 5.56 Å². The first-order valence-corrected chi connectivity index (χ1v) is 6.99. The Bertz CT molecular complexity index is 806. The lowest BCUT2D eigenvalue weighted by molar-refractivity contribution is 1.06. The fourth-order valence-corrected chi connectivity index (χ4v) is 2.34. The van der Waals surface area contributed by atoms with E-state index in [1.165, 1.54) is 0 Å². The van der Waals surface area contributed by atoms with Gasteiger partial charge in [0.25, 0.3) is 0 Å². The van der Waals surface area contributed by atoms with E-state index in [2.05, 4.69) is 40.2 Å². The SMILES string of the molecule is CN(C)c1ccc(-n2cncc2-c2ccc(C#N)cc2)cc1. The molecule has 0 radical (unpaired) electrons. The van der Waals surface area contributed by atoms with Crippen molar-refractivity contribution in [1.82, 2.24) is 9.55 Å². The van der Waals surface area contributed by atoms with Crippen LogP contribution in [0.5, 0.6) is 0 Å². The van der Waals surface area contributed by atoms with Gasteiger partial charge in [-0.3, -0.25) is 4.57 Å². The van der Waals surface area contributed by atoms with E-state index >= 15 is 0 Å². The Morgan fingerprint density at radius 2 is 1.68 bits per heavy atom. The molecule has 108 valence electrons. The average Bonchev–Trinajstić information content (AvgIpc) is 3.04. The molecule has 0 saturated heterocycles. The third kappa shape index (κ3) is 2.57. The number of hydrogen-bond donors (Lipinski definition) is 0. The van der Waals surface area contributed by atoms with E-state index in [-0.39, 0.29) is 0 Å². The summed E-state index contributed by atoms with van der Waals surface area (Å²) < 4.78 is 2.04. The van der Waals surface area contributed by atoms with Crippen molar-refractivity contribution < 1.29 is 0 Å². The lowest BCUT2D eigenvalue weighted by atomic mass is 10.1. The number of hydrogen-bond acceptors (Lipinski definition) is 3. The first kappa shape index (κ1) is 13.9. The molecule has 3 aromatic rings. The van der Waals surface area contributed by atoms with Crippen molar-refractivity contribution in [3.8, 4) is 23.0 Å². The Morgan fingerprint density at radius 3 is 2.27 bits per heavy atom. The maximum absolute atomic E-state index is 8.89. The molecule has 0 atom stereocenters. The molecule has 2 aromatic carbocycles. The second-order valence-corrected chi connectivity index (χ2v) is 5.25. The van der Waals surface area contributed by atoms with Gasteiger partial charge in [-0.1, -0.05) is 12.1 Å². The molecule has 1 heterocycles. The Labute approximate surface area is 129 Å².